The molecule has 0 aromatic carbocycles. The zero-order chi connectivity index (χ0) is 29.4. The first-order chi connectivity index (χ1) is 18.3. The fourth-order valence-corrected chi connectivity index (χ4v) is 4.88. The predicted octanol–water partition coefficient (Wildman–Crippen LogP) is 2.54. The molecule has 2 amide bonds. The van der Waals surface area contributed by atoms with Crippen LogP contribution in [0.25, 0.3) is 0 Å². The highest BCUT2D eigenvalue weighted by Crippen LogP contribution is 2.29. The number of primary amides is 1. The lowest BCUT2D eigenvalue weighted by Crippen LogP contribution is -2.37. The third-order valence-corrected chi connectivity index (χ3v) is 7.09. The Bertz CT molecular complexity index is 1090. The van der Waals surface area contributed by atoms with Crippen LogP contribution in [0.2, 0.25) is 0 Å². The lowest BCUT2D eigenvalue weighted by atomic mass is 9.85. The molecule has 2 aliphatic rings. The monoisotopic (exact) mass is 548 g/mol. The maximum atomic E-state index is 12.8. The summed E-state index contributed by atoms with van der Waals surface area (Å²) in [5.74, 6) is -3.45. The molecule has 0 aromatic heterocycles. The number of Topliss-reactive ketones (excluding diaryl/α,β-unsaturated/α-hetero) is 1. The Morgan fingerprint density at radius 1 is 1.10 bits per heavy atom. The molecule has 0 aromatic rings. The van der Waals surface area contributed by atoms with Crippen LogP contribution in [-0.2, 0) is 28.6 Å². The Balaban J connectivity index is 2.53. The molecule has 216 valence electrons. The first-order valence-electron chi connectivity index (χ1n) is 12.9. The largest absolute Gasteiger partial charge is 0.505 e. The van der Waals surface area contributed by atoms with Gasteiger partial charge in [-0.3, -0.25) is 14.4 Å². The second-order valence-corrected chi connectivity index (χ2v) is 10.2. The Hall–Kier alpha value is -3.28. The Morgan fingerprint density at radius 2 is 1.74 bits per heavy atom. The minimum absolute atomic E-state index is 0.0261. The fraction of sp³-hybridized carbons (Fsp3) is 0.571. The van der Waals surface area contributed by atoms with Crippen molar-refractivity contribution >= 4 is 23.6 Å². The van der Waals surface area contributed by atoms with Crippen molar-refractivity contribution in [3.8, 4) is 0 Å². The molecule has 11 heteroatoms. The van der Waals surface area contributed by atoms with E-state index in [0.29, 0.717) is 30.4 Å². The molecule has 1 aliphatic carbocycles. The molecule has 1 heterocycles. The summed E-state index contributed by atoms with van der Waals surface area (Å²) in [6, 6.07) is 0. The number of fused-ring (bicyclic) bond motifs is 1. The zero-order valence-corrected chi connectivity index (χ0v) is 23.4. The molecule has 0 spiro atoms. The summed E-state index contributed by atoms with van der Waals surface area (Å²) in [5.41, 5.74) is 5.99. The van der Waals surface area contributed by atoms with Gasteiger partial charge in [-0.2, -0.15) is 0 Å². The second-order valence-electron chi connectivity index (χ2n) is 10.2. The molecule has 0 saturated heterocycles. The van der Waals surface area contributed by atoms with Crippen molar-refractivity contribution < 1.29 is 43.6 Å². The molecule has 2 bridgehead atoms. The maximum absolute atomic E-state index is 12.8. The van der Waals surface area contributed by atoms with Gasteiger partial charge in [0.25, 0.3) is 5.91 Å². The molecule has 11 nitrogen and oxygen atoms in total. The number of allylic oxidation sites excluding steroid dienone is 3. The number of methoxy groups -OCH3 is 2. The fourth-order valence-electron chi connectivity index (χ4n) is 4.88. The summed E-state index contributed by atoms with van der Waals surface area (Å²) in [7, 11) is 2.92. The number of nitrogens with one attached hydrogen (secondary N) is 1. The van der Waals surface area contributed by atoms with Crippen molar-refractivity contribution in [3.05, 3.63) is 46.4 Å². The number of ether oxygens (including phenoxy) is 3. The van der Waals surface area contributed by atoms with E-state index in [1.807, 2.05) is 0 Å². The molecular weight excluding hydrogens is 508 g/mol. The second kappa shape index (κ2) is 14.2. The summed E-state index contributed by atoms with van der Waals surface area (Å²) in [4.78, 5) is 49.4. The van der Waals surface area contributed by atoms with Crippen molar-refractivity contribution in [2.75, 3.05) is 14.2 Å². The van der Waals surface area contributed by atoms with Crippen LogP contribution in [0.1, 0.15) is 53.4 Å². The average molecular weight is 549 g/mol. The molecule has 0 fully saturated rings. The molecule has 0 saturated carbocycles. The number of ketones is 2. The van der Waals surface area contributed by atoms with Gasteiger partial charge < -0.3 is 35.5 Å². The lowest BCUT2D eigenvalue weighted by molar-refractivity contribution is -0.132. The SMILES string of the molecule is CO[C@H]1C[C@H](C)CC2=C(O)C(=CC(=O)C2=O)NC(=O)/C(C)=C\CC[C@H](OC)[C@@H](OC(N)=O)/C(C)=C\[C@H](C)[C@H]1O. The van der Waals surface area contributed by atoms with Gasteiger partial charge in [-0.25, -0.2) is 4.79 Å². The number of carbonyl (C=O) groups excluding carboxylic acids is 4. The van der Waals surface area contributed by atoms with Crippen LogP contribution in [0.4, 0.5) is 4.79 Å². The summed E-state index contributed by atoms with van der Waals surface area (Å²) < 4.78 is 16.5. The molecular formula is C28H40N2O9. The van der Waals surface area contributed by atoms with Gasteiger partial charge in [0.2, 0.25) is 11.6 Å². The maximum Gasteiger partial charge on any atom is 0.405 e. The van der Waals surface area contributed by atoms with E-state index in [9.17, 15) is 29.4 Å². The summed E-state index contributed by atoms with van der Waals surface area (Å²) >= 11 is 0. The topological polar surface area (TPSA) is 174 Å². The minimum atomic E-state index is -0.979. The molecule has 39 heavy (non-hydrogen) atoms. The van der Waals surface area contributed by atoms with Crippen LogP contribution in [0.3, 0.4) is 0 Å². The van der Waals surface area contributed by atoms with Crippen LogP contribution >= 0.6 is 0 Å². The van der Waals surface area contributed by atoms with E-state index in [1.54, 1.807) is 39.8 Å². The van der Waals surface area contributed by atoms with E-state index in [1.165, 1.54) is 14.2 Å². The van der Waals surface area contributed by atoms with Gasteiger partial charge in [0.1, 0.15) is 5.76 Å². The van der Waals surface area contributed by atoms with E-state index < -0.39 is 59.7 Å². The Kier molecular flexibility index (Phi) is 11.6. The van der Waals surface area contributed by atoms with Crippen LogP contribution in [0, 0.1) is 11.8 Å². The van der Waals surface area contributed by atoms with Gasteiger partial charge in [0.05, 0.1) is 24.0 Å². The smallest absolute Gasteiger partial charge is 0.405 e. The van der Waals surface area contributed by atoms with Gasteiger partial charge >= 0.3 is 6.09 Å². The number of hydrogen-bond donors (Lipinski definition) is 4. The number of rotatable bonds is 3. The third-order valence-electron chi connectivity index (χ3n) is 7.09. The van der Waals surface area contributed by atoms with E-state index >= 15 is 0 Å². The Labute approximate surface area is 228 Å². The van der Waals surface area contributed by atoms with Crippen molar-refractivity contribution in [3.63, 3.8) is 0 Å². The van der Waals surface area contributed by atoms with E-state index in [-0.39, 0.29) is 23.6 Å². The number of aliphatic hydroxyl groups excluding tert-OH is 2. The van der Waals surface area contributed by atoms with Gasteiger partial charge in [0, 0.05) is 37.4 Å². The van der Waals surface area contributed by atoms with Crippen LogP contribution in [0.5, 0.6) is 0 Å². The number of hydrogen-bond acceptors (Lipinski definition) is 9. The van der Waals surface area contributed by atoms with Gasteiger partial charge in [0.15, 0.2) is 6.10 Å². The molecule has 5 N–H and O–H groups in total. The number of carbonyl (C=O) groups is 4. The normalized spacial score (nSPS) is 32.9. The van der Waals surface area contributed by atoms with Gasteiger partial charge in [-0.15, -0.1) is 0 Å². The highest BCUT2D eigenvalue weighted by molar-refractivity contribution is 6.48. The predicted molar refractivity (Wildman–Crippen MR) is 142 cm³/mol. The van der Waals surface area contributed by atoms with E-state index in [0.717, 1.165) is 6.08 Å². The van der Waals surface area contributed by atoms with Crippen LogP contribution in [-0.4, -0.2) is 72.4 Å². The molecule has 6 atom stereocenters. The van der Waals surface area contributed by atoms with Crippen molar-refractivity contribution in [2.24, 2.45) is 17.6 Å². The van der Waals surface area contributed by atoms with Gasteiger partial charge in [-0.05, 0) is 51.0 Å². The standard InChI is InChI=1S/C28H40N2O9/c1-14-10-18-24(33)19(13-20(31)25(18)34)30-27(35)15(2)8-7-9-21(37-5)26(39-28(29)36)17(4)12-16(3)23(32)22(11-14)38-6/h8,12-14,16,21-23,26,32-33H,7,9-11H2,1-6H3,(H2,29,36)(H,30,35)/b15-8-,17-12-/t14-,16+,21+,22+,23-,26+/m1/s1. The number of amides is 2. The van der Waals surface area contributed by atoms with Crippen molar-refractivity contribution in [1.29, 1.82) is 0 Å². The molecule has 2 rings (SSSR count). The number of nitrogens with two attached hydrogens (primary N) is 1. The lowest BCUT2D eigenvalue weighted by Gasteiger charge is -2.30. The van der Waals surface area contributed by atoms with Crippen molar-refractivity contribution in [1.82, 2.24) is 5.32 Å². The molecule has 0 radical (unpaired) electrons. The van der Waals surface area contributed by atoms with E-state index in [2.05, 4.69) is 5.32 Å². The zero-order valence-electron chi connectivity index (χ0n) is 23.4. The highest BCUT2D eigenvalue weighted by Gasteiger charge is 2.33. The van der Waals surface area contributed by atoms with Crippen molar-refractivity contribution in [2.45, 2.75) is 77.8 Å². The first kappa shape index (κ1) is 31.9. The van der Waals surface area contributed by atoms with E-state index in [4.69, 9.17) is 19.9 Å². The Morgan fingerprint density at radius 3 is 2.33 bits per heavy atom. The van der Waals surface area contributed by atoms with Crippen LogP contribution in [0.15, 0.2) is 46.4 Å². The first-order valence-corrected chi connectivity index (χ1v) is 12.9. The van der Waals surface area contributed by atoms with Gasteiger partial charge in [-0.1, -0.05) is 26.0 Å². The number of aliphatic hydroxyl groups is 2. The summed E-state index contributed by atoms with van der Waals surface area (Å²) in [5, 5.41) is 24.4. The minimum Gasteiger partial charge on any atom is -0.505 e. The molecule has 1 aliphatic heterocycles. The summed E-state index contributed by atoms with van der Waals surface area (Å²) in [6.45, 7) is 6.90. The quantitative estimate of drug-likeness (QED) is 0.235. The third kappa shape index (κ3) is 8.35. The van der Waals surface area contributed by atoms with Crippen LogP contribution < -0.4 is 11.1 Å². The molecule has 0 unspecified atom stereocenters. The summed E-state index contributed by atoms with van der Waals surface area (Å²) in [6.07, 6.45) is 1.28. The highest BCUT2D eigenvalue weighted by atomic mass is 16.6. The average Bonchev–Trinajstić information content (AvgIpc) is 2.88.